The molecule has 1 aromatic rings. The Kier molecular flexibility index (Phi) is 4.14. The second-order valence-electron chi connectivity index (χ2n) is 3.30. The van der Waals surface area contributed by atoms with Gasteiger partial charge in [-0.25, -0.2) is 4.79 Å². The third-order valence-corrected chi connectivity index (χ3v) is 2.27. The molecule has 1 aliphatic rings. The number of allylic oxidation sites excluding steroid dienone is 2. The first-order valence-corrected chi connectivity index (χ1v) is 4.70. The summed E-state index contributed by atoms with van der Waals surface area (Å²) < 4.78 is 0. The molecule has 0 unspecified atom stereocenters. The molecule has 2 rings (SSSR count). The number of carboxylic acid groups (broad SMARTS) is 1. The SMILES string of the molecule is Cl.O=C(O)C1=CC=CN(c2ccccc2)C1. The summed E-state index contributed by atoms with van der Waals surface area (Å²) in [5.41, 5.74) is 1.40. The molecule has 16 heavy (non-hydrogen) atoms. The molecule has 0 aliphatic carbocycles. The lowest BCUT2D eigenvalue weighted by Gasteiger charge is -2.22. The van der Waals surface area contributed by atoms with Gasteiger partial charge >= 0.3 is 5.97 Å². The third-order valence-electron chi connectivity index (χ3n) is 2.27. The molecule has 0 radical (unpaired) electrons. The van der Waals surface area contributed by atoms with Crippen LogP contribution in [0.3, 0.4) is 0 Å². The average molecular weight is 238 g/mol. The Hall–Kier alpha value is -1.74. The minimum Gasteiger partial charge on any atom is -0.478 e. The third kappa shape index (κ3) is 2.64. The van der Waals surface area contributed by atoms with Gasteiger partial charge in [-0.05, 0) is 24.3 Å². The Balaban J connectivity index is 0.00000128. The fraction of sp³-hybridized carbons (Fsp3) is 0.0833. The van der Waals surface area contributed by atoms with Crippen molar-refractivity contribution in [3.05, 3.63) is 54.3 Å². The minimum absolute atomic E-state index is 0. The lowest BCUT2D eigenvalue weighted by molar-refractivity contribution is -0.132. The van der Waals surface area contributed by atoms with E-state index in [1.54, 1.807) is 12.2 Å². The lowest BCUT2D eigenvalue weighted by atomic mass is 10.1. The molecular weight excluding hydrogens is 226 g/mol. The molecule has 0 atom stereocenters. The van der Waals surface area contributed by atoms with Gasteiger partial charge < -0.3 is 10.0 Å². The first-order valence-electron chi connectivity index (χ1n) is 4.70. The molecule has 0 aromatic heterocycles. The van der Waals surface area contributed by atoms with Crippen LogP contribution in [0.25, 0.3) is 0 Å². The lowest BCUT2D eigenvalue weighted by Crippen LogP contribution is -2.24. The van der Waals surface area contributed by atoms with Gasteiger partial charge in [-0.2, -0.15) is 0 Å². The van der Waals surface area contributed by atoms with E-state index >= 15 is 0 Å². The molecule has 84 valence electrons. The summed E-state index contributed by atoms with van der Waals surface area (Å²) in [6, 6.07) is 9.71. The minimum atomic E-state index is -0.861. The zero-order chi connectivity index (χ0) is 10.7. The second kappa shape index (κ2) is 5.37. The standard InChI is InChI=1S/C12H11NO2.ClH/c14-12(15)10-5-4-8-13(9-10)11-6-2-1-3-7-11;/h1-8H,9H2,(H,14,15);1H. The largest absolute Gasteiger partial charge is 0.478 e. The van der Waals surface area contributed by atoms with Gasteiger partial charge in [-0.3, -0.25) is 0 Å². The number of rotatable bonds is 2. The molecule has 1 aliphatic heterocycles. The fourth-order valence-corrected chi connectivity index (χ4v) is 1.49. The predicted molar refractivity (Wildman–Crippen MR) is 65.9 cm³/mol. The van der Waals surface area contributed by atoms with E-state index in [4.69, 9.17) is 5.11 Å². The van der Waals surface area contributed by atoms with Gasteiger partial charge in [0.2, 0.25) is 0 Å². The van der Waals surface area contributed by atoms with Crippen LogP contribution in [-0.2, 0) is 4.79 Å². The van der Waals surface area contributed by atoms with Crippen molar-refractivity contribution in [2.24, 2.45) is 0 Å². The fourth-order valence-electron chi connectivity index (χ4n) is 1.49. The first-order chi connectivity index (χ1) is 7.27. The summed E-state index contributed by atoms with van der Waals surface area (Å²) in [5, 5.41) is 8.87. The summed E-state index contributed by atoms with van der Waals surface area (Å²) in [4.78, 5) is 12.7. The molecule has 0 saturated heterocycles. The summed E-state index contributed by atoms with van der Waals surface area (Å²) in [7, 11) is 0. The molecule has 1 heterocycles. The Morgan fingerprint density at radius 2 is 1.94 bits per heavy atom. The molecule has 1 N–H and O–H groups in total. The number of nitrogens with zero attached hydrogens (tertiary/aromatic N) is 1. The Morgan fingerprint density at radius 1 is 1.25 bits per heavy atom. The topological polar surface area (TPSA) is 40.5 Å². The van der Waals surface area contributed by atoms with Crippen molar-refractivity contribution in [3.63, 3.8) is 0 Å². The number of aliphatic carboxylic acids is 1. The predicted octanol–water partition coefficient (Wildman–Crippen LogP) is 2.45. The highest BCUT2D eigenvalue weighted by atomic mass is 35.5. The molecule has 1 aromatic carbocycles. The molecule has 0 bridgehead atoms. The van der Waals surface area contributed by atoms with Crippen LogP contribution >= 0.6 is 12.4 Å². The van der Waals surface area contributed by atoms with E-state index in [9.17, 15) is 4.79 Å². The monoisotopic (exact) mass is 237 g/mol. The maximum atomic E-state index is 10.8. The van der Waals surface area contributed by atoms with Crippen molar-refractivity contribution < 1.29 is 9.90 Å². The molecule has 3 nitrogen and oxygen atoms in total. The Labute approximate surface area is 100 Å². The summed E-state index contributed by atoms with van der Waals surface area (Å²) in [6.45, 7) is 0.413. The number of anilines is 1. The number of hydrogen-bond acceptors (Lipinski definition) is 2. The van der Waals surface area contributed by atoms with Crippen molar-refractivity contribution in [2.75, 3.05) is 11.4 Å². The van der Waals surface area contributed by atoms with Crippen LogP contribution in [0.5, 0.6) is 0 Å². The van der Waals surface area contributed by atoms with E-state index in [-0.39, 0.29) is 12.4 Å². The van der Waals surface area contributed by atoms with Crippen LogP contribution in [0, 0.1) is 0 Å². The Morgan fingerprint density at radius 3 is 2.56 bits per heavy atom. The van der Waals surface area contributed by atoms with Gasteiger partial charge in [0, 0.05) is 11.9 Å². The van der Waals surface area contributed by atoms with Crippen LogP contribution in [-0.4, -0.2) is 17.6 Å². The molecule has 0 spiro atoms. The van der Waals surface area contributed by atoms with Gasteiger partial charge in [0.15, 0.2) is 0 Å². The van der Waals surface area contributed by atoms with Crippen molar-refractivity contribution >= 4 is 24.1 Å². The highest BCUT2D eigenvalue weighted by molar-refractivity contribution is 5.88. The summed E-state index contributed by atoms with van der Waals surface area (Å²) in [5.74, 6) is -0.861. The van der Waals surface area contributed by atoms with E-state index in [0.717, 1.165) is 5.69 Å². The first kappa shape index (κ1) is 12.3. The molecule has 4 heteroatoms. The smallest absolute Gasteiger partial charge is 0.333 e. The van der Waals surface area contributed by atoms with Crippen LogP contribution in [0.1, 0.15) is 0 Å². The molecule has 0 amide bonds. The average Bonchev–Trinajstić information content (AvgIpc) is 2.30. The van der Waals surface area contributed by atoms with Gasteiger partial charge in [0.1, 0.15) is 0 Å². The molecule has 0 fully saturated rings. The van der Waals surface area contributed by atoms with E-state index in [1.165, 1.54) is 0 Å². The van der Waals surface area contributed by atoms with Gasteiger partial charge in [0.25, 0.3) is 0 Å². The second-order valence-corrected chi connectivity index (χ2v) is 3.30. The van der Waals surface area contributed by atoms with E-state index < -0.39 is 5.97 Å². The van der Waals surface area contributed by atoms with Gasteiger partial charge in [-0.15, -0.1) is 12.4 Å². The zero-order valence-corrected chi connectivity index (χ0v) is 9.35. The van der Waals surface area contributed by atoms with Gasteiger partial charge in [-0.1, -0.05) is 18.2 Å². The number of para-hydroxylation sites is 1. The highest BCUT2D eigenvalue weighted by Crippen LogP contribution is 2.18. The van der Waals surface area contributed by atoms with Crippen molar-refractivity contribution in [1.82, 2.24) is 0 Å². The number of halogens is 1. The van der Waals surface area contributed by atoms with Gasteiger partial charge in [0.05, 0.1) is 12.1 Å². The van der Waals surface area contributed by atoms with E-state index in [2.05, 4.69) is 0 Å². The van der Waals surface area contributed by atoms with E-state index in [0.29, 0.717) is 12.1 Å². The maximum Gasteiger partial charge on any atom is 0.333 e. The van der Waals surface area contributed by atoms with Crippen molar-refractivity contribution in [1.29, 1.82) is 0 Å². The zero-order valence-electron chi connectivity index (χ0n) is 8.54. The summed E-state index contributed by atoms with van der Waals surface area (Å²) in [6.07, 6.45) is 5.25. The molecular formula is C12H12ClNO2. The van der Waals surface area contributed by atoms with Crippen LogP contribution < -0.4 is 4.90 Å². The Bertz CT molecular complexity index is 426. The number of benzene rings is 1. The van der Waals surface area contributed by atoms with Crippen molar-refractivity contribution in [2.45, 2.75) is 0 Å². The van der Waals surface area contributed by atoms with Crippen LogP contribution in [0.2, 0.25) is 0 Å². The number of carboxylic acids is 1. The maximum absolute atomic E-state index is 10.8. The number of hydrogen-bond donors (Lipinski definition) is 1. The van der Waals surface area contributed by atoms with Crippen LogP contribution in [0.15, 0.2) is 54.3 Å². The van der Waals surface area contributed by atoms with E-state index in [1.807, 2.05) is 41.4 Å². The van der Waals surface area contributed by atoms with Crippen LogP contribution in [0.4, 0.5) is 5.69 Å². The quantitative estimate of drug-likeness (QED) is 0.859. The summed E-state index contributed by atoms with van der Waals surface area (Å²) >= 11 is 0. The van der Waals surface area contributed by atoms with Crippen molar-refractivity contribution in [3.8, 4) is 0 Å². The number of carbonyl (C=O) groups is 1. The molecule has 0 saturated carbocycles. The highest BCUT2D eigenvalue weighted by Gasteiger charge is 2.13. The normalized spacial score (nSPS) is 14.0.